The van der Waals surface area contributed by atoms with Crippen LogP contribution < -0.4 is 10.6 Å². The van der Waals surface area contributed by atoms with E-state index in [-0.39, 0.29) is 24.0 Å². The topological polar surface area (TPSA) is 104 Å². The van der Waals surface area contributed by atoms with Gasteiger partial charge < -0.3 is 15.7 Å². The summed E-state index contributed by atoms with van der Waals surface area (Å²) in [4.78, 5) is 29.6. The molecule has 18 heavy (non-hydrogen) atoms. The first kappa shape index (κ1) is 13.9. The molecule has 1 aromatic heterocycles. The Bertz CT molecular complexity index is 434. The SMILES string of the molecule is CC(C)CNC(=O)CNc1cncc(C(=O)O)n1. The van der Waals surface area contributed by atoms with Gasteiger partial charge in [-0.15, -0.1) is 0 Å². The van der Waals surface area contributed by atoms with E-state index in [9.17, 15) is 9.59 Å². The van der Waals surface area contributed by atoms with Crippen molar-refractivity contribution in [3.63, 3.8) is 0 Å². The first-order valence-corrected chi connectivity index (χ1v) is 5.55. The number of hydrogen-bond donors (Lipinski definition) is 3. The summed E-state index contributed by atoms with van der Waals surface area (Å²) < 4.78 is 0. The van der Waals surface area contributed by atoms with Crippen molar-refractivity contribution in [2.75, 3.05) is 18.4 Å². The van der Waals surface area contributed by atoms with Crippen LogP contribution in [-0.4, -0.2) is 40.0 Å². The number of nitrogens with one attached hydrogen (secondary N) is 2. The predicted molar refractivity (Wildman–Crippen MR) is 65.3 cm³/mol. The number of nitrogens with zero attached hydrogens (tertiary/aromatic N) is 2. The van der Waals surface area contributed by atoms with Gasteiger partial charge in [0.25, 0.3) is 0 Å². The maximum absolute atomic E-state index is 11.4. The number of aromatic nitrogens is 2. The highest BCUT2D eigenvalue weighted by Crippen LogP contribution is 2.01. The zero-order valence-electron chi connectivity index (χ0n) is 10.3. The second-order valence-electron chi connectivity index (χ2n) is 4.15. The zero-order valence-corrected chi connectivity index (χ0v) is 10.3. The third-order valence-corrected chi connectivity index (χ3v) is 1.99. The van der Waals surface area contributed by atoms with Crippen LogP contribution >= 0.6 is 0 Å². The lowest BCUT2D eigenvalue weighted by Gasteiger charge is -2.08. The first-order valence-electron chi connectivity index (χ1n) is 5.55. The van der Waals surface area contributed by atoms with E-state index in [1.54, 1.807) is 0 Å². The number of carboxylic acid groups (broad SMARTS) is 1. The monoisotopic (exact) mass is 252 g/mol. The van der Waals surface area contributed by atoms with E-state index in [1.807, 2.05) is 13.8 Å². The molecule has 0 atom stereocenters. The zero-order chi connectivity index (χ0) is 13.5. The van der Waals surface area contributed by atoms with Crippen molar-refractivity contribution in [2.24, 2.45) is 5.92 Å². The summed E-state index contributed by atoms with van der Waals surface area (Å²) in [6.07, 6.45) is 2.51. The van der Waals surface area contributed by atoms with Gasteiger partial charge in [-0.05, 0) is 5.92 Å². The molecule has 0 spiro atoms. The number of amides is 1. The van der Waals surface area contributed by atoms with Gasteiger partial charge in [0.15, 0.2) is 5.69 Å². The number of carbonyl (C=O) groups excluding carboxylic acids is 1. The molecule has 0 aromatic carbocycles. The molecule has 0 aliphatic carbocycles. The van der Waals surface area contributed by atoms with Crippen LogP contribution in [0, 0.1) is 5.92 Å². The van der Waals surface area contributed by atoms with Crippen molar-refractivity contribution in [3.05, 3.63) is 18.1 Å². The van der Waals surface area contributed by atoms with Gasteiger partial charge in [-0.2, -0.15) is 0 Å². The lowest BCUT2D eigenvalue weighted by atomic mass is 10.2. The summed E-state index contributed by atoms with van der Waals surface area (Å²) in [5.74, 6) is -0.694. The van der Waals surface area contributed by atoms with Crippen LogP contribution in [0.2, 0.25) is 0 Å². The summed E-state index contributed by atoms with van der Waals surface area (Å²) in [5.41, 5.74) is -0.164. The molecule has 7 heteroatoms. The third-order valence-electron chi connectivity index (χ3n) is 1.99. The summed E-state index contributed by atoms with van der Waals surface area (Å²) in [6, 6.07) is 0. The Balaban J connectivity index is 2.46. The summed E-state index contributed by atoms with van der Waals surface area (Å²) in [6.45, 7) is 4.62. The van der Waals surface area contributed by atoms with E-state index in [4.69, 9.17) is 5.11 Å². The largest absolute Gasteiger partial charge is 0.476 e. The van der Waals surface area contributed by atoms with E-state index >= 15 is 0 Å². The second-order valence-corrected chi connectivity index (χ2v) is 4.15. The molecule has 0 aliphatic rings. The maximum Gasteiger partial charge on any atom is 0.356 e. The molecular formula is C11H16N4O3. The van der Waals surface area contributed by atoms with Crippen molar-refractivity contribution in [3.8, 4) is 0 Å². The number of carbonyl (C=O) groups is 2. The van der Waals surface area contributed by atoms with E-state index in [1.165, 1.54) is 6.20 Å². The molecule has 0 saturated carbocycles. The van der Waals surface area contributed by atoms with Gasteiger partial charge in [0, 0.05) is 6.54 Å². The minimum atomic E-state index is -1.16. The molecule has 0 unspecified atom stereocenters. The average Bonchev–Trinajstić information content (AvgIpc) is 2.34. The van der Waals surface area contributed by atoms with Gasteiger partial charge in [0.1, 0.15) is 5.82 Å². The van der Waals surface area contributed by atoms with Gasteiger partial charge in [-0.25, -0.2) is 9.78 Å². The van der Waals surface area contributed by atoms with Gasteiger partial charge in [0.2, 0.25) is 5.91 Å². The second kappa shape index (κ2) is 6.53. The maximum atomic E-state index is 11.4. The molecule has 1 amide bonds. The van der Waals surface area contributed by atoms with Crippen LogP contribution in [0.15, 0.2) is 12.4 Å². The molecule has 1 rings (SSSR count). The van der Waals surface area contributed by atoms with Crippen molar-refractivity contribution in [2.45, 2.75) is 13.8 Å². The summed E-state index contributed by atoms with van der Waals surface area (Å²) in [5, 5.41) is 14.2. The lowest BCUT2D eigenvalue weighted by Crippen LogP contribution is -2.32. The van der Waals surface area contributed by atoms with Crippen LogP contribution in [0.3, 0.4) is 0 Å². The Morgan fingerprint density at radius 3 is 2.72 bits per heavy atom. The van der Waals surface area contributed by atoms with E-state index in [0.717, 1.165) is 6.20 Å². The Hall–Kier alpha value is -2.18. The van der Waals surface area contributed by atoms with Crippen molar-refractivity contribution >= 4 is 17.7 Å². The van der Waals surface area contributed by atoms with Gasteiger partial charge in [0.05, 0.1) is 18.9 Å². The molecule has 7 nitrogen and oxygen atoms in total. The predicted octanol–water partition coefficient (Wildman–Crippen LogP) is 0.359. The van der Waals surface area contributed by atoms with Gasteiger partial charge >= 0.3 is 5.97 Å². The fourth-order valence-electron chi connectivity index (χ4n) is 1.11. The van der Waals surface area contributed by atoms with Crippen LogP contribution in [0.4, 0.5) is 5.82 Å². The van der Waals surface area contributed by atoms with Crippen LogP contribution in [0.1, 0.15) is 24.3 Å². The molecule has 0 fully saturated rings. The third kappa shape index (κ3) is 4.77. The molecule has 0 aliphatic heterocycles. The molecule has 98 valence electrons. The van der Waals surface area contributed by atoms with Crippen LogP contribution in [0.5, 0.6) is 0 Å². The van der Waals surface area contributed by atoms with E-state index < -0.39 is 5.97 Å². The van der Waals surface area contributed by atoms with Crippen LogP contribution in [-0.2, 0) is 4.79 Å². The molecule has 0 saturated heterocycles. The highest BCUT2D eigenvalue weighted by molar-refractivity contribution is 5.85. The van der Waals surface area contributed by atoms with Gasteiger partial charge in [-0.3, -0.25) is 9.78 Å². The molecule has 0 bridgehead atoms. The molecule has 3 N–H and O–H groups in total. The minimum Gasteiger partial charge on any atom is -0.476 e. The standard InChI is InChI=1S/C11H16N4O3/c1-7(2)3-14-10(16)6-13-9-5-12-4-8(15-9)11(17)18/h4-5,7H,3,6H2,1-2H3,(H,13,15)(H,14,16)(H,17,18). The Morgan fingerprint density at radius 2 is 2.11 bits per heavy atom. The van der Waals surface area contributed by atoms with E-state index in [2.05, 4.69) is 20.6 Å². The van der Waals surface area contributed by atoms with E-state index in [0.29, 0.717) is 12.5 Å². The number of carboxylic acids is 1. The van der Waals surface area contributed by atoms with Crippen molar-refractivity contribution in [1.82, 2.24) is 15.3 Å². The Labute approximate surface area is 105 Å². The number of rotatable bonds is 6. The van der Waals surface area contributed by atoms with Crippen LogP contribution in [0.25, 0.3) is 0 Å². The molecule has 0 radical (unpaired) electrons. The normalized spacial score (nSPS) is 10.2. The molecular weight excluding hydrogens is 236 g/mol. The first-order chi connectivity index (χ1) is 8.49. The highest BCUT2D eigenvalue weighted by Gasteiger charge is 2.07. The molecule has 1 aromatic rings. The average molecular weight is 252 g/mol. The lowest BCUT2D eigenvalue weighted by molar-refractivity contribution is -0.119. The van der Waals surface area contributed by atoms with Gasteiger partial charge in [-0.1, -0.05) is 13.8 Å². The Kier molecular flexibility index (Phi) is 5.04. The minimum absolute atomic E-state index is 0.0322. The fraction of sp³-hybridized carbons (Fsp3) is 0.455. The fourth-order valence-corrected chi connectivity index (χ4v) is 1.11. The number of anilines is 1. The van der Waals surface area contributed by atoms with Crippen molar-refractivity contribution < 1.29 is 14.7 Å². The summed E-state index contributed by atoms with van der Waals surface area (Å²) in [7, 11) is 0. The quantitative estimate of drug-likeness (QED) is 0.675. The number of hydrogen-bond acceptors (Lipinski definition) is 5. The number of aromatic carboxylic acids is 1. The Morgan fingerprint density at radius 1 is 1.39 bits per heavy atom. The smallest absolute Gasteiger partial charge is 0.356 e. The molecule has 1 heterocycles. The highest BCUT2D eigenvalue weighted by atomic mass is 16.4. The summed E-state index contributed by atoms with van der Waals surface area (Å²) >= 11 is 0. The van der Waals surface area contributed by atoms with Crippen molar-refractivity contribution in [1.29, 1.82) is 0 Å².